The maximum atomic E-state index is 12.7. The number of rotatable bonds is 4. The SMILES string of the molecule is O=S(=O)(NCc1cccc(C(F)(F)F)c1)c1cccc2cnccc12. The van der Waals surface area contributed by atoms with Gasteiger partial charge in [0.1, 0.15) is 0 Å². The molecule has 0 aliphatic heterocycles. The highest BCUT2D eigenvalue weighted by molar-refractivity contribution is 7.89. The maximum absolute atomic E-state index is 12.7. The molecule has 0 aliphatic carbocycles. The van der Waals surface area contributed by atoms with E-state index >= 15 is 0 Å². The Labute approximate surface area is 142 Å². The van der Waals surface area contributed by atoms with E-state index in [9.17, 15) is 21.6 Å². The fourth-order valence-electron chi connectivity index (χ4n) is 2.44. The van der Waals surface area contributed by atoms with E-state index in [1.807, 2.05) is 0 Å². The van der Waals surface area contributed by atoms with Gasteiger partial charge in [0.25, 0.3) is 0 Å². The van der Waals surface area contributed by atoms with E-state index in [1.54, 1.807) is 24.4 Å². The lowest BCUT2D eigenvalue weighted by Gasteiger charge is -2.11. The van der Waals surface area contributed by atoms with Gasteiger partial charge in [-0.05, 0) is 23.8 Å². The van der Waals surface area contributed by atoms with Crippen molar-refractivity contribution in [2.24, 2.45) is 0 Å². The molecule has 1 N–H and O–H groups in total. The highest BCUT2D eigenvalue weighted by Gasteiger charge is 2.30. The van der Waals surface area contributed by atoms with Gasteiger partial charge in [-0.25, -0.2) is 13.1 Å². The number of nitrogens with zero attached hydrogens (tertiary/aromatic N) is 1. The number of sulfonamides is 1. The van der Waals surface area contributed by atoms with Crippen LogP contribution in [0.4, 0.5) is 13.2 Å². The predicted octanol–water partition coefficient (Wildman–Crippen LogP) is 3.73. The molecule has 3 rings (SSSR count). The van der Waals surface area contributed by atoms with Gasteiger partial charge in [-0.3, -0.25) is 4.98 Å². The summed E-state index contributed by atoms with van der Waals surface area (Å²) in [5.74, 6) is 0. The number of aromatic nitrogens is 1. The van der Waals surface area contributed by atoms with Crippen molar-refractivity contribution in [2.75, 3.05) is 0 Å². The molecule has 0 fully saturated rings. The molecule has 0 saturated heterocycles. The van der Waals surface area contributed by atoms with Crippen molar-refractivity contribution >= 4 is 20.8 Å². The van der Waals surface area contributed by atoms with Crippen LogP contribution in [0.5, 0.6) is 0 Å². The average Bonchev–Trinajstić information content (AvgIpc) is 2.59. The first-order valence-corrected chi connectivity index (χ1v) is 8.74. The van der Waals surface area contributed by atoms with Crippen LogP contribution in [0.15, 0.2) is 65.8 Å². The summed E-state index contributed by atoms with van der Waals surface area (Å²) in [7, 11) is -3.89. The Hall–Kier alpha value is -2.45. The van der Waals surface area contributed by atoms with E-state index in [0.717, 1.165) is 12.1 Å². The van der Waals surface area contributed by atoms with E-state index in [-0.39, 0.29) is 17.0 Å². The zero-order chi connectivity index (χ0) is 18.1. The molecule has 1 aromatic heterocycles. The Balaban J connectivity index is 1.87. The molecule has 0 saturated carbocycles. The largest absolute Gasteiger partial charge is 0.416 e. The molecule has 8 heteroatoms. The van der Waals surface area contributed by atoms with Gasteiger partial charge >= 0.3 is 6.18 Å². The quantitative estimate of drug-likeness (QED) is 0.765. The summed E-state index contributed by atoms with van der Waals surface area (Å²) in [6.45, 7) is -0.242. The average molecular weight is 366 g/mol. The third kappa shape index (κ3) is 3.80. The van der Waals surface area contributed by atoms with Gasteiger partial charge in [0.15, 0.2) is 0 Å². The Morgan fingerprint density at radius 3 is 2.56 bits per heavy atom. The fraction of sp³-hybridized carbons (Fsp3) is 0.118. The lowest BCUT2D eigenvalue weighted by Crippen LogP contribution is -2.23. The van der Waals surface area contributed by atoms with Crippen molar-refractivity contribution in [3.8, 4) is 0 Å². The van der Waals surface area contributed by atoms with Crippen LogP contribution in [0, 0.1) is 0 Å². The summed E-state index contributed by atoms with van der Waals surface area (Å²) >= 11 is 0. The first kappa shape index (κ1) is 17.4. The molecule has 130 valence electrons. The minimum atomic E-state index is -4.47. The summed E-state index contributed by atoms with van der Waals surface area (Å²) in [6.07, 6.45) is -1.45. The van der Waals surface area contributed by atoms with E-state index in [0.29, 0.717) is 10.8 Å². The lowest BCUT2D eigenvalue weighted by molar-refractivity contribution is -0.137. The number of nitrogens with one attached hydrogen (secondary N) is 1. The van der Waals surface area contributed by atoms with E-state index in [2.05, 4.69) is 9.71 Å². The van der Waals surface area contributed by atoms with Crippen LogP contribution in [-0.4, -0.2) is 13.4 Å². The van der Waals surface area contributed by atoms with Crippen molar-refractivity contribution in [1.82, 2.24) is 9.71 Å². The Morgan fingerprint density at radius 1 is 1.04 bits per heavy atom. The van der Waals surface area contributed by atoms with E-state index in [1.165, 1.54) is 24.4 Å². The van der Waals surface area contributed by atoms with Gasteiger partial charge in [0.2, 0.25) is 10.0 Å². The summed E-state index contributed by atoms with van der Waals surface area (Å²) in [6, 6.07) is 10.9. The van der Waals surface area contributed by atoms with Crippen molar-refractivity contribution in [2.45, 2.75) is 17.6 Å². The van der Waals surface area contributed by atoms with Gasteiger partial charge in [-0.15, -0.1) is 0 Å². The number of hydrogen-bond donors (Lipinski definition) is 1. The molecule has 0 bridgehead atoms. The summed E-state index contributed by atoms with van der Waals surface area (Å²) in [5, 5.41) is 1.15. The molecule has 1 heterocycles. The normalized spacial score (nSPS) is 12.4. The molecule has 4 nitrogen and oxygen atoms in total. The maximum Gasteiger partial charge on any atom is 0.416 e. The minimum absolute atomic E-state index is 0.0550. The molecule has 0 atom stereocenters. The molecular formula is C17H13F3N2O2S. The molecule has 0 aliphatic rings. The van der Waals surface area contributed by atoms with Gasteiger partial charge in [0.05, 0.1) is 10.5 Å². The van der Waals surface area contributed by atoms with Crippen LogP contribution in [0.3, 0.4) is 0 Å². The zero-order valence-electron chi connectivity index (χ0n) is 12.8. The third-order valence-electron chi connectivity index (χ3n) is 3.65. The highest BCUT2D eigenvalue weighted by atomic mass is 32.2. The molecular weight excluding hydrogens is 353 g/mol. The van der Waals surface area contributed by atoms with Gasteiger partial charge < -0.3 is 0 Å². The highest BCUT2D eigenvalue weighted by Crippen LogP contribution is 2.29. The first-order chi connectivity index (χ1) is 11.8. The van der Waals surface area contributed by atoms with Crippen LogP contribution in [0.25, 0.3) is 10.8 Å². The van der Waals surface area contributed by atoms with Gasteiger partial charge in [0, 0.05) is 29.7 Å². The van der Waals surface area contributed by atoms with Crippen LogP contribution in [-0.2, 0) is 22.7 Å². The lowest BCUT2D eigenvalue weighted by atomic mass is 10.1. The summed E-state index contributed by atoms with van der Waals surface area (Å²) < 4.78 is 65.7. The number of fused-ring (bicyclic) bond motifs is 1. The number of pyridine rings is 1. The summed E-state index contributed by atoms with van der Waals surface area (Å²) in [5.41, 5.74) is -0.597. The number of halogens is 3. The van der Waals surface area contributed by atoms with Gasteiger partial charge in [-0.2, -0.15) is 13.2 Å². The van der Waals surface area contributed by atoms with E-state index in [4.69, 9.17) is 0 Å². The number of hydrogen-bond acceptors (Lipinski definition) is 3. The minimum Gasteiger partial charge on any atom is -0.264 e. The van der Waals surface area contributed by atoms with Crippen molar-refractivity contribution in [3.63, 3.8) is 0 Å². The standard InChI is InChI=1S/C17H13F3N2O2S/c18-17(19,20)14-5-1-3-12(9-14)10-22-25(23,24)16-6-2-4-13-11-21-8-7-15(13)16/h1-9,11,22H,10H2. The topological polar surface area (TPSA) is 59.1 Å². The van der Waals surface area contributed by atoms with E-state index < -0.39 is 21.8 Å². The first-order valence-electron chi connectivity index (χ1n) is 7.26. The van der Waals surface area contributed by atoms with Crippen LogP contribution in [0.1, 0.15) is 11.1 Å². The van der Waals surface area contributed by atoms with Crippen LogP contribution in [0.2, 0.25) is 0 Å². The number of alkyl halides is 3. The molecule has 0 amide bonds. The summed E-state index contributed by atoms with van der Waals surface area (Å²) in [4.78, 5) is 4.00. The molecule has 0 spiro atoms. The predicted molar refractivity (Wildman–Crippen MR) is 87.2 cm³/mol. The fourth-order valence-corrected chi connectivity index (χ4v) is 3.69. The Kier molecular flexibility index (Phi) is 4.49. The second-order valence-corrected chi connectivity index (χ2v) is 7.11. The van der Waals surface area contributed by atoms with Crippen molar-refractivity contribution in [1.29, 1.82) is 0 Å². The van der Waals surface area contributed by atoms with Crippen molar-refractivity contribution < 1.29 is 21.6 Å². The Morgan fingerprint density at radius 2 is 1.80 bits per heavy atom. The van der Waals surface area contributed by atoms with Crippen LogP contribution < -0.4 is 4.72 Å². The second-order valence-electron chi connectivity index (χ2n) is 5.38. The Bertz CT molecular complexity index is 1010. The third-order valence-corrected chi connectivity index (χ3v) is 5.11. The van der Waals surface area contributed by atoms with Gasteiger partial charge in [-0.1, -0.05) is 30.3 Å². The zero-order valence-corrected chi connectivity index (χ0v) is 13.6. The molecule has 2 aromatic carbocycles. The molecule has 25 heavy (non-hydrogen) atoms. The molecule has 0 radical (unpaired) electrons. The second kappa shape index (κ2) is 6.45. The smallest absolute Gasteiger partial charge is 0.264 e. The number of benzene rings is 2. The molecule has 3 aromatic rings. The van der Waals surface area contributed by atoms with Crippen LogP contribution >= 0.6 is 0 Å². The molecule has 0 unspecified atom stereocenters. The van der Waals surface area contributed by atoms with Crippen molar-refractivity contribution in [3.05, 3.63) is 72.1 Å². The monoisotopic (exact) mass is 366 g/mol.